The Hall–Kier alpha value is -2.88. The summed E-state index contributed by atoms with van der Waals surface area (Å²) >= 11 is 6.79. The van der Waals surface area contributed by atoms with Gasteiger partial charge in [-0.2, -0.15) is 4.98 Å². The summed E-state index contributed by atoms with van der Waals surface area (Å²) in [6, 6.07) is 18.6. The summed E-state index contributed by atoms with van der Waals surface area (Å²) in [5, 5.41) is 10.6. The van der Waals surface area contributed by atoms with Crippen LogP contribution >= 0.6 is 11.6 Å². The number of benzene rings is 2. The number of aromatic nitrogens is 3. The first kappa shape index (κ1) is 33.0. The van der Waals surface area contributed by atoms with Gasteiger partial charge in [-0.1, -0.05) is 67.6 Å². The van der Waals surface area contributed by atoms with Gasteiger partial charge in [-0.3, -0.25) is 4.57 Å². The molecule has 2 aromatic carbocycles. The Morgan fingerprint density at radius 2 is 1.70 bits per heavy atom. The zero-order valence-corrected chi connectivity index (χ0v) is 29.2. The van der Waals surface area contributed by atoms with Crippen LogP contribution in [0.2, 0.25) is 30.7 Å². The maximum atomic E-state index is 12.8. The lowest BCUT2D eigenvalue weighted by Crippen LogP contribution is -2.35. The van der Waals surface area contributed by atoms with Crippen LogP contribution in [0.25, 0.3) is 33.5 Å². The first-order valence-electron chi connectivity index (χ1n) is 15.3. The summed E-state index contributed by atoms with van der Waals surface area (Å²) < 4.78 is 45.5. The van der Waals surface area contributed by atoms with Crippen LogP contribution in [0.1, 0.15) is 0 Å². The van der Waals surface area contributed by atoms with Crippen molar-refractivity contribution in [2.45, 2.75) is 61.7 Å². The molecule has 2 aliphatic rings. The molecule has 2 fully saturated rings. The molecule has 0 amide bonds. The monoisotopic (exact) mass is 685 g/mol. The molecule has 2 saturated heterocycles. The number of nitrogens with one attached hydrogen (secondary N) is 1. The lowest BCUT2D eigenvalue weighted by molar-refractivity contribution is 0.00336. The van der Waals surface area contributed by atoms with E-state index in [4.69, 9.17) is 40.5 Å². The van der Waals surface area contributed by atoms with E-state index in [1.807, 2.05) is 53.1 Å². The van der Waals surface area contributed by atoms with E-state index in [1.54, 1.807) is 20.2 Å². The zero-order chi connectivity index (χ0) is 32.6. The minimum absolute atomic E-state index is 0.204. The molecule has 4 heterocycles. The van der Waals surface area contributed by atoms with Gasteiger partial charge < -0.3 is 24.1 Å². The van der Waals surface area contributed by atoms with Gasteiger partial charge in [-0.15, -0.1) is 0 Å². The predicted molar refractivity (Wildman–Crippen MR) is 181 cm³/mol. The van der Waals surface area contributed by atoms with E-state index in [1.165, 1.54) is 0 Å². The Labute approximate surface area is 275 Å². The van der Waals surface area contributed by atoms with Crippen molar-refractivity contribution < 1.29 is 28.3 Å². The van der Waals surface area contributed by atoms with Crippen molar-refractivity contribution in [2.24, 2.45) is 4.36 Å². The van der Waals surface area contributed by atoms with Gasteiger partial charge in [0.1, 0.15) is 40.5 Å². The van der Waals surface area contributed by atoms with Gasteiger partial charge in [0.25, 0.3) is 0 Å². The number of fused-ring (bicyclic) bond motifs is 2. The third-order valence-electron chi connectivity index (χ3n) is 8.29. The number of halogens is 1. The number of rotatable bonds is 11. The number of nitrogens with zero attached hydrogens (tertiary/aromatic N) is 4. The Morgan fingerprint density at radius 1 is 1.04 bits per heavy atom. The number of aliphatic hydroxyl groups excluding tert-OH is 1. The highest BCUT2D eigenvalue weighted by Gasteiger charge is 2.49. The number of ether oxygens (including phenoxy) is 4. The summed E-state index contributed by atoms with van der Waals surface area (Å²) in [6.45, 7) is 8.24. The number of pyridine rings is 1. The normalized spacial score (nSPS) is 22.6. The SMILES string of the molecule is CN=S(=O)(NC)c1ccc(-c2ccc(-c3nc4c(cc3Cl)nc(O[C@@H]3CO[C@H]5[C@@H]3OC[C@H]5O)n4COCC[Si](C)(C)C)cc2)cc1. The highest BCUT2D eigenvalue weighted by atomic mass is 35.5. The molecular formula is C32H40ClN5O6SSi. The van der Waals surface area contributed by atoms with Gasteiger partial charge in [0.2, 0.25) is 0 Å². The summed E-state index contributed by atoms with van der Waals surface area (Å²) in [6.07, 6.45) is -1.91. The van der Waals surface area contributed by atoms with E-state index in [0.717, 1.165) is 22.7 Å². The third kappa shape index (κ3) is 6.74. The highest BCUT2D eigenvalue weighted by molar-refractivity contribution is 7.91. The number of hydrogen-bond donors (Lipinski definition) is 2. The second kappa shape index (κ2) is 13.3. The average Bonchev–Trinajstić information content (AvgIpc) is 3.72. The van der Waals surface area contributed by atoms with Gasteiger partial charge in [0.15, 0.2) is 11.8 Å². The zero-order valence-electron chi connectivity index (χ0n) is 26.6. The molecule has 46 heavy (non-hydrogen) atoms. The molecule has 5 atom stereocenters. The smallest absolute Gasteiger partial charge is 0.301 e. The minimum atomic E-state index is -2.63. The minimum Gasteiger partial charge on any atom is -0.456 e. The maximum absolute atomic E-state index is 12.8. The summed E-state index contributed by atoms with van der Waals surface area (Å²) in [4.78, 5) is 10.3. The maximum Gasteiger partial charge on any atom is 0.301 e. The second-order valence-electron chi connectivity index (χ2n) is 12.7. The molecule has 0 aliphatic carbocycles. The first-order valence-corrected chi connectivity index (χ1v) is 20.9. The largest absolute Gasteiger partial charge is 0.456 e. The third-order valence-corrected chi connectivity index (χ3v) is 12.3. The van der Waals surface area contributed by atoms with Crippen molar-refractivity contribution in [3.63, 3.8) is 0 Å². The molecule has 6 rings (SSSR count). The summed E-state index contributed by atoms with van der Waals surface area (Å²) in [5.74, 6) is 0. The van der Waals surface area contributed by atoms with Crippen molar-refractivity contribution in [3.05, 3.63) is 59.6 Å². The Morgan fingerprint density at radius 3 is 2.35 bits per heavy atom. The Bertz CT molecular complexity index is 1820. The van der Waals surface area contributed by atoms with Crippen LogP contribution in [0.4, 0.5) is 0 Å². The van der Waals surface area contributed by atoms with Crippen molar-refractivity contribution in [1.29, 1.82) is 0 Å². The molecule has 0 spiro atoms. The Kier molecular flexibility index (Phi) is 9.56. The van der Waals surface area contributed by atoms with E-state index in [9.17, 15) is 9.32 Å². The van der Waals surface area contributed by atoms with E-state index < -0.39 is 36.3 Å². The second-order valence-corrected chi connectivity index (χ2v) is 21.0. The van der Waals surface area contributed by atoms with Crippen LogP contribution in [-0.4, -0.2) is 90.3 Å². The van der Waals surface area contributed by atoms with Gasteiger partial charge in [0.05, 0.1) is 28.8 Å². The molecule has 2 aliphatic heterocycles. The van der Waals surface area contributed by atoms with Gasteiger partial charge in [-0.25, -0.2) is 18.3 Å². The topological polar surface area (TPSA) is 129 Å². The molecule has 2 N–H and O–H groups in total. The van der Waals surface area contributed by atoms with Crippen molar-refractivity contribution >= 4 is 40.8 Å². The van der Waals surface area contributed by atoms with Crippen molar-refractivity contribution in [3.8, 4) is 28.4 Å². The summed E-state index contributed by atoms with van der Waals surface area (Å²) in [7, 11) is -0.746. The fourth-order valence-corrected chi connectivity index (χ4v) is 7.74. The van der Waals surface area contributed by atoms with E-state index in [0.29, 0.717) is 39.4 Å². The molecule has 2 aromatic heterocycles. The van der Waals surface area contributed by atoms with Gasteiger partial charge in [-0.05, 0) is 42.4 Å². The van der Waals surface area contributed by atoms with E-state index >= 15 is 0 Å². The highest BCUT2D eigenvalue weighted by Crippen LogP contribution is 2.35. The molecule has 0 bridgehead atoms. The molecule has 4 aromatic rings. The van der Waals surface area contributed by atoms with Crippen molar-refractivity contribution in [2.75, 3.05) is 33.9 Å². The fourth-order valence-electron chi connectivity index (χ4n) is 5.59. The molecule has 0 saturated carbocycles. The van der Waals surface area contributed by atoms with Crippen LogP contribution in [0.3, 0.4) is 0 Å². The van der Waals surface area contributed by atoms with Gasteiger partial charge in [0, 0.05) is 27.3 Å². The predicted octanol–water partition coefficient (Wildman–Crippen LogP) is 5.23. The first-order chi connectivity index (χ1) is 22.0. The molecule has 1 unspecified atom stereocenters. The Balaban J connectivity index is 1.29. The number of hydrogen-bond acceptors (Lipinski definition) is 9. The molecule has 0 radical (unpaired) electrons. The van der Waals surface area contributed by atoms with Gasteiger partial charge >= 0.3 is 6.01 Å². The van der Waals surface area contributed by atoms with Crippen LogP contribution in [0.15, 0.2) is 63.9 Å². The van der Waals surface area contributed by atoms with E-state index in [2.05, 4.69) is 28.7 Å². The molecular weight excluding hydrogens is 646 g/mol. The van der Waals surface area contributed by atoms with Crippen LogP contribution in [0.5, 0.6) is 6.01 Å². The van der Waals surface area contributed by atoms with Crippen LogP contribution < -0.4 is 9.46 Å². The molecule has 14 heteroatoms. The lowest BCUT2D eigenvalue weighted by atomic mass is 10.0. The standard InChI is InChI=1S/C32H40ClN5O6SSi/c1-34-45(40,35-2)23-12-10-21(11-13-23)20-6-8-22(9-7-20)28-24(33)16-25-31(37-28)38(19-41-14-15-46(3,4)5)32(36-25)44-27-18-43-29-26(39)17-42-30(27)29/h6-13,16,26-27,29-30,39H,14-15,17-19H2,1-5H3,(H,34,35,40)/t26-,27-,29-,30-/m1/s1. The molecule has 11 nitrogen and oxygen atoms in total. The number of aliphatic hydroxyl groups is 1. The average molecular weight is 686 g/mol. The summed E-state index contributed by atoms with van der Waals surface area (Å²) in [5.41, 5.74) is 4.57. The van der Waals surface area contributed by atoms with Crippen LogP contribution in [-0.2, 0) is 30.9 Å². The van der Waals surface area contributed by atoms with E-state index in [-0.39, 0.29) is 26.0 Å². The van der Waals surface area contributed by atoms with Crippen molar-refractivity contribution in [1.82, 2.24) is 19.3 Å². The lowest BCUT2D eigenvalue weighted by Gasteiger charge is -2.19. The fraction of sp³-hybridized carbons (Fsp3) is 0.438. The number of imidazole rings is 1. The van der Waals surface area contributed by atoms with Crippen LogP contribution in [0, 0.1) is 0 Å². The quantitative estimate of drug-likeness (QED) is 0.162. The molecule has 246 valence electrons.